The molecule has 0 fully saturated rings. The highest BCUT2D eigenvalue weighted by Gasteiger charge is 2.10. The summed E-state index contributed by atoms with van der Waals surface area (Å²) in [5, 5.41) is 9.36. The minimum absolute atomic E-state index is 0.194. The quantitative estimate of drug-likeness (QED) is 0.365. The van der Waals surface area contributed by atoms with E-state index in [0.29, 0.717) is 28.6 Å². The fourth-order valence-electron chi connectivity index (χ4n) is 2.21. The van der Waals surface area contributed by atoms with E-state index in [2.05, 4.69) is 21.2 Å². The van der Waals surface area contributed by atoms with E-state index in [4.69, 9.17) is 16.3 Å². The number of anilines is 1. The van der Waals surface area contributed by atoms with E-state index in [1.54, 1.807) is 43.3 Å². The third-order valence-corrected chi connectivity index (χ3v) is 3.86. The van der Waals surface area contributed by atoms with Gasteiger partial charge in [-0.25, -0.2) is 5.43 Å². The van der Waals surface area contributed by atoms with Crippen LogP contribution in [0.1, 0.15) is 18.1 Å². The zero-order valence-electron chi connectivity index (χ0n) is 16.0. The molecule has 2 aromatic rings. The molecule has 3 amide bonds. The number of aryl methyl sites for hydroxylation is 1. The first-order valence-electron chi connectivity index (χ1n) is 8.79. The van der Waals surface area contributed by atoms with Crippen LogP contribution in [0.4, 0.5) is 5.69 Å². The molecule has 0 saturated heterocycles. The van der Waals surface area contributed by atoms with Crippen molar-refractivity contribution in [2.45, 2.75) is 13.8 Å². The number of hydrogen-bond acceptors (Lipinski definition) is 5. The highest BCUT2D eigenvalue weighted by atomic mass is 35.5. The van der Waals surface area contributed by atoms with E-state index in [1.165, 1.54) is 6.21 Å². The lowest BCUT2D eigenvalue weighted by atomic mass is 10.2. The monoisotopic (exact) mass is 416 g/mol. The number of carbonyl (C=O) groups excluding carboxylic acids is 3. The molecule has 0 aliphatic carbocycles. The van der Waals surface area contributed by atoms with E-state index in [1.807, 2.05) is 13.0 Å². The van der Waals surface area contributed by atoms with Gasteiger partial charge in [-0.1, -0.05) is 29.8 Å². The fourth-order valence-corrected chi connectivity index (χ4v) is 2.38. The van der Waals surface area contributed by atoms with Crippen LogP contribution in [-0.2, 0) is 14.4 Å². The van der Waals surface area contributed by atoms with E-state index in [9.17, 15) is 14.4 Å². The van der Waals surface area contributed by atoms with E-state index < -0.39 is 11.8 Å². The minimum Gasteiger partial charge on any atom is -0.484 e. The number of rotatable bonds is 7. The number of nitrogens with zero attached hydrogens (tertiary/aromatic N) is 1. The molecule has 3 N–H and O–H groups in total. The van der Waals surface area contributed by atoms with E-state index in [-0.39, 0.29) is 12.5 Å². The minimum atomic E-state index is -0.858. The molecule has 0 heterocycles. The first-order valence-corrected chi connectivity index (χ1v) is 9.17. The number of carbonyl (C=O) groups is 3. The van der Waals surface area contributed by atoms with Crippen molar-refractivity contribution >= 4 is 41.2 Å². The van der Waals surface area contributed by atoms with Crippen LogP contribution in [-0.4, -0.2) is 37.1 Å². The zero-order chi connectivity index (χ0) is 21.2. The maximum absolute atomic E-state index is 12.1. The predicted molar refractivity (Wildman–Crippen MR) is 111 cm³/mol. The van der Waals surface area contributed by atoms with Gasteiger partial charge in [0.25, 0.3) is 5.91 Å². The molecular weight excluding hydrogens is 396 g/mol. The molecule has 0 aromatic heterocycles. The Labute approximate surface area is 173 Å². The molecule has 0 bridgehead atoms. The van der Waals surface area contributed by atoms with Gasteiger partial charge >= 0.3 is 11.8 Å². The molecule has 152 valence electrons. The molecule has 0 aliphatic heterocycles. The fraction of sp³-hybridized carbons (Fsp3) is 0.200. The molecule has 29 heavy (non-hydrogen) atoms. The highest BCUT2D eigenvalue weighted by molar-refractivity contribution is 6.35. The molecular formula is C20H21ClN4O4. The average molecular weight is 417 g/mol. The van der Waals surface area contributed by atoms with Gasteiger partial charge in [-0.2, -0.15) is 5.10 Å². The van der Waals surface area contributed by atoms with Crippen LogP contribution in [0.3, 0.4) is 0 Å². The van der Waals surface area contributed by atoms with Gasteiger partial charge in [-0.15, -0.1) is 0 Å². The Bertz CT molecular complexity index is 930. The van der Waals surface area contributed by atoms with Crippen LogP contribution in [0, 0.1) is 6.92 Å². The Hall–Kier alpha value is -3.39. The molecule has 2 aromatic carbocycles. The van der Waals surface area contributed by atoms with Gasteiger partial charge in [0.2, 0.25) is 0 Å². The Balaban J connectivity index is 1.88. The first-order chi connectivity index (χ1) is 13.9. The number of benzene rings is 2. The number of hydrogen-bond donors (Lipinski definition) is 3. The number of halogens is 1. The maximum Gasteiger partial charge on any atom is 0.329 e. The van der Waals surface area contributed by atoms with Crippen molar-refractivity contribution in [3.63, 3.8) is 0 Å². The topological polar surface area (TPSA) is 109 Å². The summed E-state index contributed by atoms with van der Waals surface area (Å²) in [6.07, 6.45) is 1.36. The maximum atomic E-state index is 12.1. The number of likely N-dealkylation sites (N-methyl/N-ethyl adjacent to an activating group) is 1. The average Bonchev–Trinajstić information content (AvgIpc) is 2.69. The van der Waals surface area contributed by atoms with Crippen molar-refractivity contribution in [1.82, 2.24) is 10.7 Å². The summed E-state index contributed by atoms with van der Waals surface area (Å²) in [5.41, 5.74) is 4.25. The summed E-state index contributed by atoms with van der Waals surface area (Å²) in [7, 11) is 0. The van der Waals surface area contributed by atoms with Crippen molar-refractivity contribution in [3.05, 3.63) is 58.6 Å². The van der Waals surface area contributed by atoms with Gasteiger partial charge in [0, 0.05) is 17.3 Å². The summed E-state index contributed by atoms with van der Waals surface area (Å²) in [6.45, 7) is 3.72. The van der Waals surface area contributed by atoms with Crippen molar-refractivity contribution in [2.24, 2.45) is 5.10 Å². The van der Waals surface area contributed by atoms with Gasteiger partial charge in [0.15, 0.2) is 6.61 Å². The Morgan fingerprint density at radius 1 is 1.14 bits per heavy atom. The van der Waals surface area contributed by atoms with Gasteiger partial charge < -0.3 is 15.4 Å². The summed E-state index contributed by atoms with van der Waals surface area (Å²) in [5.74, 6) is -1.50. The molecule has 0 atom stereocenters. The highest BCUT2D eigenvalue weighted by Crippen LogP contribution is 2.20. The molecule has 0 radical (unpaired) electrons. The Kier molecular flexibility index (Phi) is 8.17. The molecule has 0 spiro atoms. The van der Waals surface area contributed by atoms with E-state index >= 15 is 0 Å². The number of ether oxygens (including phenoxy) is 1. The molecule has 9 heteroatoms. The number of amides is 3. The second kappa shape index (κ2) is 10.8. The van der Waals surface area contributed by atoms with Gasteiger partial charge in [0.1, 0.15) is 5.75 Å². The Morgan fingerprint density at radius 2 is 1.93 bits per heavy atom. The first kappa shape index (κ1) is 21.9. The van der Waals surface area contributed by atoms with Crippen LogP contribution in [0.2, 0.25) is 5.02 Å². The molecule has 0 saturated carbocycles. The molecule has 0 unspecified atom stereocenters. The van der Waals surface area contributed by atoms with Gasteiger partial charge in [0.05, 0.1) is 6.21 Å². The van der Waals surface area contributed by atoms with Crippen molar-refractivity contribution in [3.8, 4) is 5.75 Å². The molecule has 0 aliphatic rings. The second-order valence-electron chi connectivity index (χ2n) is 5.93. The lowest BCUT2D eigenvalue weighted by Gasteiger charge is -2.10. The molecule has 2 rings (SSSR count). The van der Waals surface area contributed by atoms with E-state index in [0.717, 1.165) is 5.56 Å². The third-order valence-electron chi connectivity index (χ3n) is 3.63. The summed E-state index contributed by atoms with van der Waals surface area (Å²) >= 11 is 5.94. The smallest absolute Gasteiger partial charge is 0.329 e. The van der Waals surface area contributed by atoms with Crippen molar-refractivity contribution < 1.29 is 19.1 Å². The normalized spacial score (nSPS) is 10.4. The largest absolute Gasteiger partial charge is 0.484 e. The SMILES string of the molecule is CCNC(=O)C(=O)N/N=C\c1cccc(OCC(=O)Nc2cc(Cl)ccc2C)c1. The third kappa shape index (κ3) is 7.27. The van der Waals surface area contributed by atoms with Gasteiger partial charge in [-0.05, 0) is 49.2 Å². The predicted octanol–water partition coefficient (Wildman–Crippen LogP) is 2.25. The zero-order valence-corrected chi connectivity index (χ0v) is 16.7. The van der Waals surface area contributed by atoms with Crippen LogP contribution < -0.4 is 20.8 Å². The van der Waals surface area contributed by atoms with Gasteiger partial charge in [-0.3, -0.25) is 14.4 Å². The second-order valence-corrected chi connectivity index (χ2v) is 6.36. The lowest BCUT2D eigenvalue weighted by molar-refractivity contribution is -0.139. The van der Waals surface area contributed by atoms with Crippen molar-refractivity contribution in [2.75, 3.05) is 18.5 Å². The van der Waals surface area contributed by atoms with Crippen LogP contribution in [0.5, 0.6) is 5.75 Å². The standard InChI is InChI=1S/C20H21ClN4O4/c1-3-22-19(27)20(28)25-23-11-14-5-4-6-16(9-14)29-12-18(26)24-17-10-15(21)8-7-13(17)2/h4-11H,3,12H2,1-2H3,(H,22,27)(H,24,26)(H,25,28)/b23-11-. The van der Waals surface area contributed by atoms with Crippen LogP contribution in [0.25, 0.3) is 0 Å². The van der Waals surface area contributed by atoms with Crippen molar-refractivity contribution in [1.29, 1.82) is 0 Å². The summed E-state index contributed by atoms with van der Waals surface area (Å²) < 4.78 is 5.49. The summed E-state index contributed by atoms with van der Waals surface area (Å²) in [6, 6.07) is 12.0. The van der Waals surface area contributed by atoms with Crippen LogP contribution >= 0.6 is 11.6 Å². The Morgan fingerprint density at radius 3 is 2.69 bits per heavy atom. The number of nitrogens with one attached hydrogen (secondary N) is 3. The number of hydrazone groups is 1. The summed E-state index contributed by atoms with van der Waals surface area (Å²) in [4.78, 5) is 34.9. The lowest BCUT2D eigenvalue weighted by Crippen LogP contribution is -2.37. The molecule has 8 nitrogen and oxygen atoms in total. The van der Waals surface area contributed by atoms with Crippen LogP contribution in [0.15, 0.2) is 47.6 Å².